The number of nitrogens with zero attached hydrogens (tertiary/aromatic N) is 1. The number of carboxylic acid groups (broad SMARTS) is 1. The highest BCUT2D eigenvalue weighted by Crippen LogP contribution is 2.29. The Morgan fingerprint density at radius 2 is 2.35 bits per heavy atom. The first-order valence-corrected chi connectivity index (χ1v) is 7.04. The smallest absolute Gasteiger partial charge is 0.327 e. The zero-order valence-corrected chi connectivity index (χ0v) is 10.8. The third kappa shape index (κ3) is 2.55. The summed E-state index contributed by atoms with van der Waals surface area (Å²) in [4.78, 5) is 24.4. The van der Waals surface area contributed by atoms with Crippen LogP contribution in [0.15, 0.2) is 16.8 Å². The van der Waals surface area contributed by atoms with Crippen molar-refractivity contribution in [3.05, 3.63) is 16.8 Å². The molecule has 0 aliphatic carbocycles. The Bertz CT molecular complexity index is 421. The maximum atomic E-state index is 12.0. The average molecular weight is 272 g/mol. The molecular formula is C10H12N2O3S2. The molecule has 0 aromatic carbocycles. The molecule has 1 aromatic heterocycles. The number of urea groups is 1. The van der Waals surface area contributed by atoms with Crippen LogP contribution in [0.25, 0.3) is 0 Å². The van der Waals surface area contributed by atoms with Crippen molar-refractivity contribution < 1.29 is 14.7 Å². The number of amides is 2. The first-order valence-electron chi connectivity index (χ1n) is 5.05. The summed E-state index contributed by atoms with van der Waals surface area (Å²) in [5.74, 6) is -0.518. The number of nitrogens with one attached hydrogen (secondary N) is 1. The van der Waals surface area contributed by atoms with Gasteiger partial charge in [-0.3, -0.25) is 4.90 Å². The van der Waals surface area contributed by atoms with Gasteiger partial charge in [-0.05, 0) is 18.4 Å². The summed E-state index contributed by atoms with van der Waals surface area (Å²) in [6.07, 6.45) is 0. The zero-order chi connectivity index (χ0) is 12.4. The van der Waals surface area contributed by atoms with Gasteiger partial charge in [0.05, 0.1) is 11.1 Å². The van der Waals surface area contributed by atoms with Crippen LogP contribution in [0.5, 0.6) is 0 Å². The van der Waals surface area contributed by atoms with Gasteiger partial charge >= 0.3 is 12.0 Å². The summed E-state index contributed by atoms with van der Waals surface area (Å²) in [5.41, 5.74) is 0.702. The minimum atomic E-state index is -0.956. The molecule has 1 saturated heterocycles. The van der Waals surface area contributed by atoms with Gasteiger partial charge in [0.1, 0.15) is 6.04 Å². The van der Waals surface area contributed by atoms with E-state index in [1.54, 1.807) is 6.07 Å². The fourth-order valence-electron chi connectivity index (χ4n) is 1.66. The molecule has 0 bridgehead atoms. The molecule has 2 atom stereocenters. The molecular weight excluding hydrogens is 260 g/mol. The van der Waals surface area contributed by atoms with Crippen molar-refractivity contribution in [1.82, 2.24) is 4.90 Å². The molecule has 2 rings (SSSR count). The topological polar surface area (TPSA) is 69.6 Å². The maximum absolute atomic E-state index is 12.0. The Kier molecular flexibility index (Phi) is 3.58. The van der Waals surface area contributed by atoms with Crippen LogP contribution in [-0.2, 0) is 4.79 Å². The first-order chi connectivity index (χ1) is 8.09. The number of carbonyl (C=O) groups is 2. The molecule has 0 spiro atoms. The van der Waals surface area contributed by atoms with E-state index in [1.165, 1.54) is 28.0 Å². The number of hydrogen-bond acceptors (Lipinski definition) is 4. The summed E-state index contributed by atoms with van der Waals surface area (Å²) < 4.78 is 0. The molecule has 0 saturated carbocycles. The average Bonchev–Trinajstić information content (AvgIpc) is 2.86. The predicted molar refractivity (Wildman–Crippen MR) is 68.5 cm³/mol. The molecule has 1 aliphatic rings. The third-order valence-electron chi connectivity index (χ3n) is 2.51. The Morgan fingerprint density at radius 1 is 1.59 bits per heavy atom. The SMILES string of the molecule is CC1SCC(C(=O)O)N1C(=O)Nc1ccsc1. The third-order valence-corrected chi connectivity index (χ3v) is 4.42. The lowest BCUT2D eigenvalue weighted by Crippen LogP contribution is -2.46. The predicted octanol–water partition coefficient (Wildman–Crippen LogP) is 2.13. The van der Waals surface area contributed by atoms with Gasteiger partial charge in [0.2, 0.25) is 0 Å². The number of carbonyl (C=O) groups excluding carboxylic acids is 1. The summed E-state index contributed by atoms with van der Waals surface area (Å²) in [6, 6.07) is 0.689. The van der Waals surface area contributed by atoms with Crippen LogP contribution < -0.4 is 5.32 Å². The molecule has 7 heteroatoms. The van der Waals surface area contributed by atoms with Crippen molar-refractivity contribution in [2.45, 2.75) is 18.3 Å². The van der Waals surface area contributed by atoms with E-state index in [1.807, 2.05) is 17.7 Å². The van der Waals surface area contributed by atoms with E-state index in [2.05, 4.69) is 5.32 Å². The van der Waals surface area contributed by atoms with Crippen LogP contribution in [0, 0.1) is 0 Å². The molecule has 2 heterocycles. The van der Waals surface area contributed by atoms with E-state index in [0.717, 1.165) is 0 Å². The second-order valence-corrected chi connectivity index (χ2v) is 5.77. The van der Waals surface area contributed by atoms with Crippen molar-refractivity contribution >= 4 is 40.8 Å². The van der Waals surface area contributed by atoms with Crippen molar-refractivity contribution in [2.75, 3.05) is 11.1 Å². The monoisotopic (exact) mass is 272 g/mol. The quantitative estimate of drug-likeness (QED) is 0.865. The zero-order valence-electron chi connectivity index (χ0n) is 9.12. The lowest BCUT2D eigenvalue weighted by atomic mass is 10.3. The molecule has 2 N–H and O–H groups in total. The van der Waals surface area contributed by atoms with Gasteiger partial charge in [-0.1, -0.05) is 0 Å². The Labute approximate surface area is 107 Å². The van der Waals surface area contributed by atoms with Gasteiger partial charge in [-0.2, -0.15) is 11.3 Å². The lowest BCUT2D eigenvalue weighted by molar-refractivity contribution is -0.141. The van der Waals surface area contributed by atoms with Crippen molar-refractivity contribution in [3.63, 3.8) is 0 Å². The normalized spacial score (nSPS) is 23.7. The highest BCUT2D eigenvalue weighted by atomic mass is 32.2. The minimum absolute atomic E-state index is 0.116. The number of thioether (sulfide) groups is 1. The van der Waals surface area contributed by atoms with Crippen LogP contribution in [0.4, 0.5) is 10.5 Å². The minimum Gasteiger partial charge on any atom is -0.480 e. The van der Waals surface area contributed by atoms with Gasteiger partial charge in [-0.15, -0.1) is 11.8 Å². The molecule has 5 nitrogen and oxygen atoms in total. The van der Waals surface area contributed by atoms with Crippen LogP contribution >= 0.6 is 23.1 Å². The van der Waals surface area contributed by atoms with Crippen LogP contribution in [0.3, 0.4) is 0 Å². The van der Waals surface area contributed by atoms with E-state index < -0.39 is 12.0 Å². The Balaban J connectivity index is 2.09. The van der Waals surface area contributed by atoms with Gasteiger partial charge in [0.15, 0.2) is 0 Å². The number of aliphatic carboxylic acids is 1. The van der Waals surface area contributed by atoms with E-state index in [0.29, 0.717) is 11.4 Å². The highest BCUT2D eigenvalue weighted by molar-refractivity contribution is 8.00. The van der Waals surface area contributed by atoms with Gasteiger partial charge in [0, 0.05) is 11.1 Å². The van der Waals surface area contributed by atoms with E-state index in [-0.39, 0.29) is 11.4 Å². The standard InChI is InChI=1S/C10H12N2O3S2/c1-6-12(8(5-17-6)9(13)14)10(15)11-7-2-3-16-4-7/h2-4,6,8H,5H2,1H3,(H,11,15)(H,13,14). The van der Waals surface area contributed by atoms with Crippen LogP contribution in [0.2, 0.25) is 0 Å². The molecule has 2 unspecified atom stereocenters. The van der Waals surface area contributed by atoms with Gasteiger partial charge in [-0.25, -0.2) is 9.59 Å². The summed E-state index contributed by atoms with van der Waals surface area (Å²) in [5, 5.41) is 15.3. The summed E-state index contributed by atoms with van der Waals surface area (Å²) in [6.45, 7) is 1.83. The van der Waals surface area contributed by atoms with Crippen molar-refractivity contribution in [2.24, 2.45) is 0 Å². The molecule has 2 amide bonds. The fraction of sp³-hybridized carbons (Fsp3) is 0.400. The largest absolute Gasteiger partial charge is 0.480 e. The summed E-state index contributed by atoms with van der Waals surface area (Å²) >= 11 is 2.95. The Hall–Kier alpha value is -1.21. The summed E-state index contributed by atoms with van der Waals surface area (Å²) in [7, 11) is 0. The number of rotatable bonds is 2. The Morgan fingerprint density at radius 3 is 2.94 bits per heavy atom. The number of carboxylic acids is 1. The molecule has 1 fully saturated rings. The second-order valence-electron chi connectivity index (χ2n) is 3.64. The molecule has 17 heavy (non-hydrogen) atoms. The number of anilines is 1. The van der Waals surface area contributed by atoms with Crippen LogP contribution in [0.1, 0.15) is 6.92 Å². The highest BCUT2D eigenvalue weighted by Gasteiger charge is 2.39. The first kappa shape index (κ1) is 12.3. The maximum Gasteiger partial charge on any atom is 0.327 e. The molecule has 92 valence electrons. The number of hydrogen-bond donors (Lipinski definition) is 2. The molecule has 0 radical (unpaired) electrons. The van der Waals surface area contributed by atoms with Crippen molar-refractivity contribution in [1.29, 1.82) is 0 Å². The van der Waals surface area contributed by atoms with E-state index in [4.69, 9.17) is 5.11 Å². The van der Waals surface area contributed by atoms with Gasteiger partial charge < -0.3 is 10.4 Å². The lowest BCUT2D eigenvalue weighted by Gasteiger charge is -2.24. The second kappa shape index (κ2) is 4.97. The van der Waals surface area contributed by atoms with E-state index in [9.17, 15) is 9.59 Å². The van der Waals surface area contributed by atoms with Gasteiger partial charge in [0.25, 0.3) is 0 Å². The van der Waals surface area contributed by atoms with E-state index >= 15 is 0 Å². The van der Waals surface area contributed by atoms with Crippen LogP contribution in [-0.4, -0.2) is 39.2 Å². The molecule has 1 aromatic rings. The fourth-order valence-corrected chi connectivity index (χ4v) is 3.42. The number of thiophene rings is 1. The van der Waals surface area contributed by atoms with Crippen molar-refractivity contribution in [3.8, 4) is 0 Å². The molecule has 1 aliphatic heterocycles.